The quantitative estimate of drug-likeness (QED) is 0.710. The Labute approximate surface area is 156 Å². The summed E-state index contributed by atoms with van der Waals surface area (Å²) in [7, 11) is 0. The van der Waals surface area contributed by atoms with E-state index >= 15 is 0 Å². The number of alkyl halides is 2. The number of hydrogen-bond donors (Lipinski definition) is 3. The van der Waals surface area contributed by atoms with E-state index < -0.39 is 6.61 Å². The van der Waals surface area contributed by atoms with Crippen molar-refractivity contribution in [2.75, 3.05) is 42.9 Å². The van der Waals surface area contributed by atoms with Crippen LogP contribution in [-0.4, -0.2) is 50.3 Å². The number of quaternary nitrogens is 1. The molecule has 2 aromatic rings. The molecule has 0 aromatic heterocycles. The van der Waals surface area contributed by atoms with E-state index in [-0.39, 0.29) is 29.6 Å². The second-order valence-corrected chi connectivity index (χ2v) is 6.35. The van der Waals surface area contributed by atoms with Gasteiger partial charge in [-0.25, -0.2) is 0 Å². The minimum atomic E-state index is -2.94. The van der Waals surface area contributed by atoms with Gasteiger partial charge in [-0.05, 0) is 36.4 Å². The number of nitrogens with one attached hydrogen (secondary N) is 2. The first kappa shape index (κ1) is 18.9. The van der Waals surface area contributed by atoms with E-state index in [0.717, 1.165) is 36.8 Å². The first-order valence-corrected chi connectivity index (χ1v) is 8.72. The highest BCUT2D eigenvalue weighted by Gasteiger charge is 2.23. The van der Waals surface area contributed by atoms with Crippen molar-refractivity contribution < 1.29 is 28.3 Å². The SMILES string of the molecule is O=C(C[NH+]1CCN(c2ccc(O)cc2)CC1)Nc1ccccc1OC(F)F. The van der Waals surface area contributed by atoms with Gasteiger partial charge in [-0.1, -0.05) is 12.1 Å². The first-order chi connectivity index (χ1) is 13.0. The zero-order valence-electron chi connectivity index (χ0n) is 14.7. The molecule has 0 unspecified atom stereocenters. The van der Waals surface area contributed by atoms with E-state index in [4.69, 9.17) is 0 Å². The summed E-state index contributed by atoms with van der Waals surface area (Å²) in [5.41, 5.74) is 1.28. The molecule has 1 aliphatic heterocycles. The highest BCUT2D eigenvalue weighted by molar-refractivity contribution is 5.92. The van der Waals surface area contributed by atoms with E-state index in [1.807, 2.05) is 12.1 Å². The van der Waals surface area contributed by atoms with Gasteiger partial charge in [-0.15, -0.1) is 0 Å². The molecule has 0 radical (unpaired) electrons. The number of anilines is 2. The number of carbonyl (C=O) groups excluding carboxylic acids is 1. The van der Waals surface area contributed by atoms with Crippen molar-refractivity contribution in [2.45, 2.75) is 6.61 Å². The van der Waals surface area contributed by atoms with Crippen LogP contribution in [0.4, 0.5) is 20.2 Å². The van der Waals surface area contributed by atoms with Gasteiger partial charge in [-0.2, -0.15) is 8.78 Å². The summed E-state index contributed by atoms with van der Waals surface area (Å²) in [4.78, 5) is 15.6. The zero-order valence-corrected chi connectivity index (χ0v) is 14.7. The summed E-state index contributed by atoms with van der Waals surface area (Å²) in [6, 6.07) is 13.2. The molecule has 2 aromatic carbocycles. The van der Waals surface area contributed by atoms with Crippen LogP contribution in [0, 0.1) is 0 Å². The van der Waals surface area contributed by atoms with Crippen molar-refractivity contribution in [2.24, 2.45) is 0 Å². The third kappa shape index (κ3) is 5.30. The maximum Gasteiger partial charge on any atom is 0.387 e. The van der Waals surface area contributed by atoms with Gasteiger partial charge in [0.25, 0.3) is 5.91 Å². The number of para-hydroxylation sites is 2. The summed E-state index contributed by atoms with van der Waals surface area (Å²) in [6.45, 7) is 0.456. The molecule has 0 aliphatic carbocycles. The van der Waals surface area contributed by atoms with E-state index in [9.17, 15) is 18.7 Å². The monoisotopic (exact) mass is 378 g/mol. The molecule has 1 fully saturated rings. The molecule has 3 rings (SSSR count). The Morgan fingerprint density at radius 2 is 1.81 bits per heavy atom. The lowest BCUT2D eigenvalue weighted by molar-refractivity contribution is -0.892. The first-order valence-electron chi connectivity index (χ1n) is 8.72. The number of rotatable bonds is 6. The van der Waals surface area contributed by atoms with Crippen LogP contribution in [0.3, 0.4) is 0 Å². The molecule has 3 N–H and O–H groups in total. The smallest absolute Gasteiger partial charge is 0.387 e. The second-order valence-electron chi connectivity index (χ2n) is 6.35. The lowest BCUT2D eigenvalue weighted by Gasteiger charge is -2.33. The Hall–Kier alpha value is -2.87. The fourth-order valence-electron chi connectivity index (χ4n) is 3.11. The number of benzene rings is 2. The molecule has 0 atom stereocenters. The van der Waals surface area contributed by atoms with Gasteiger partial charge in [0.05, 0.1) is 31.9 Å². The van der Waals surface area contributed by atoms with Gasteiger partial charge >= 0.3 is 6.61 Å². The maximum atomic E-state index is 12.5. The number of amides is 1. The molecule has 0 saturated carbocycles. The van der Waals surface area contributed by atoms with E-state index in [2.05, 4.69) is 15.0 Å². The summed E-state index contributed by atoms with van der Waals surface area (Å²) in [6.07, 6.45) is 0. The molecular weight excluding hydrogens is 356 g/mol. The fourth-order valence-corrected chi connectivity index (χ4v) is 3.11. The molecule has 1 saturated heterocycles. The largest absolute Gasteiger partial charge is 0.508 e. The highest BCUT2D eigenvalue weighted by atomic mass is 19.3. The lowest BCUT2D eigenvalue weighted by atomic mass is 10.2. The molecule has 1 heterocycles. The van der Waals surface area contributed by atoms with Crippen LogP contribution < -0.4 is 19.9 Å². The molecule has 1 aliphatic rings. The molecule has 27 heavy (non-hydrogen) atoms. The van der Waals surface area contributed by atoms with Gasteiger partial charge < -0.3 is 25.0 Å². The maximum absolute atomic E-state index is 12.5. The van der Waals surface area contributed by atoms with Crippen LogP contribution in [0.15, 0.2) is 48.5 Å². The van der Waals surface area contributed by atoms with Crippen molar-refractivity contribution in [3.8, 4) is 11.5 Å². The van der Waals surface area contributed by atoms with Crippen molar-refractivity contribution in [3.63, 3.8) is 0 Å². The topological polar surface area (TPSA) is 66.2 Å². The van der Waals surface area contributed by atoms with Gasteiger partial charge in [0.2, 0.25) is 0 Å². The third-order valence-electron chi connectivity index (χ3n) is 4.47. The van der Waals surface area contributed by atoms with Gasteiger partial charge in [0.1, 0.15) is 11.5 Å². The molecule has 8 heteroatoms. The summed E-state index contributed by atoms with van der Waals surface area (Å²) < 4.78 is 29.3. The minimum absolute atomic E-state index is 0.0481. The summed E-state index contributed by atoms with van der Waals surface area (Å²) in [5.74, 6) is -0.0582. The van der Waals surface area contributed by atoms with Gasteiger partial charge in [0.15, 0.2) is 6.54 Å². The number of carbonyl (C=O) groups is 1. The van der Waals surface area contributed by atoms with E-state index in [1.54, 1.807) is 24.3 Å². The molecule has 144 valence electrons. The third-order valence-corrected chi connectivity index (χ3v) is 4.47. The molecular formula is C19H22F2N3O3+. The average molecular weight is 378 g/mol. The fraction of sp³-hybridized carbons (Fsp3) is 0.316. The molecule has 1 amide bonds. The number of hydrogen-bond acceptors (Lipinski definition) is 4. The Kier molecular flexibility index (Phi) is 6.08. The van der Waals surface area contributed by atoms with Crippen LogP contribution in [0.5, 0.6) is 11.5 Å². The Balaban J connectivity index is 1.51. The number of ether oxygens (including phenoxy) is 1. The Bertz CT molecular complexity index is 763. The lowest BCUT2D eigenvalue weighted by Crippen LogP contribution is -3.15. The number of aromatic hydroxyl groups is 1. The van der Waals surface area contributed by atoms with Crippen LogP contribution >= 0.6 is 0 Å². The highest BCUT2D eigenvalue weighted by Crippen LogP contribution is 2.25. The number of halogens is 2. The summed E-state index contributed by atoms with van der Waals surface area (Å²) >= 11 is 0. The second kappa shape index (κ2) is 8.68. The Morgan fingerprint density at radius 3 is 2.48 bits per heavy atom. The standard InChI is InChI=1S/C19H21F2N3O3/c20-19(21)27-17-4-2-1-3-16(17)22-18(26)13-23-9-11-24(12-10-23)14-5-7-15(25)8-6-14/h1-8,19,25H,9-13H2,(H,22,26)/p+1. The van der Waals surface area contributed by atoms with Crippen molar-refractivity contribution in [3.05, 3.63) is 48.5 Å². The molecule has 6 nitrogen and oxygen atoms in total. The number of phenols is 1. The normalized spacial score (nSPS) is 15.0. The van der Waals surface area contributed by atoms with Crippen molar-refractivity contribution >= 4 is 17.3 Å². The van der Waals surface area contributed by atoms with Crippen LogP contribution in [-0.2, 0) is 4.79 Å². The van der Waals surface area contributed by atoms with E-state index in [1.165, 1.54) is 12.1 Å². The molecule has 0 bridgehead atoms. The number of nitrogens with zero attached hydrogens (tertiary/aromatic N) is 1. The van der Waals surface area contributed by atoms with Crippen LogP contribution in [0.25, 0.3) is 0 Å². The predicted octanol–water partition coefficient (Wildman–Crippen LogP) is 1.34. The Morgan fingerprint density at radius 1 is 1.15 bits per heavy atom. The van der Waals surface area contributed by atoms with Crippen LogP contribution in [0.1, 0.15) is 0 Å². The zero-order chi connectivity index (χ0) is 19.2. The van der Waals surface area contributed by atoms with Gasteiger partial charge in [-0.3, -0.25) is 4.79 Å². The number of piperazine rings is 1. The van der Waals surface area contributed by atoms with Crippen molar-refractivity contribution in [1.82, 2.24) is 0 Å². The summed E-state index contributed by atoms with van der Waals surface area (Å²) in [5, 5.41) is 12.0. The van der Waals surface area contributed by atoms with Crippen molar-refractivity contribution in [1.29, 1.82) is 0 Å². The average Bonchev–Trinajstić information content (AvgIpc) is 2.64. The van der Waals surface area contributed by atoms with Crippen LogP contribution in [0.2, 0.25) is 0 Å². The molecule has 0 spiro atoms. The number of phenolic OH excluding ortho intramolecular Hbond substituents is 1. The van der Waals surface area contributed by atoms with Gasteiger partial charge in [0, 0.05) is 5.69 Å². The predicted molar refractivity (Wildman–Crippen MR) is 97.6 cm³/mol. The minimum Gasteiger partial charge on any atom is -0.508 e. The van der Waals surface area contributed by atoms with E-state index in [0.29, 0.717) is 0 Å².